The predicted molar refractivity (Wildman–Crippen MR) is 293 cm³/mol. The summed E-state index contributed by atoms with van der Waals surface area (Å²) < 4.78 is 22.7. The highest BCUT2D eigenvalue weighted by Crippen LogP contribution is 2.15. The van der Waals surface area contributed by atoms with E-state index in [9.17, 15) is 19.2 Å². The van der Waals surface area contributed by atoms with Crippen LogP contribution in [0.15, 0.2) is 0 Å². The Morgan fingerprint density at radius 2 is 0.371 bits per heavy atom. The molecule has 0 unspecified atom stereocenters. The number of esters is 4. The van der Waals surface area contributed by atoms with Crippen LogP contribution in [0.2, 0.25) is 0 Å². The van der Waals surface area contributed by atoms with Gasteiger partial charge < -0.3 is 18.9 Å². The Labute approximate surface area is 433 Å². The maximum Gasteiger partial charge on any atom is 0.307 e. The molecule has 0 bridgehead atoms. The molecule has 0 aliphatic rings. The Morgan fingerprint density at radius 1 is 0.229 bits per heavy atom. The lowest BCUT2D eigenvalue weighted by molar-refractivity contribution is -0.152. The zero-order valence-corrected chi connectivity index (χ0v) is 46.9. The molecule has 414 valence electrons. The van der Waals surface area contributed by atoms with Crippen LogP contribution in [-0.4, -0.2) is 86.5 Å². The van der Waals surface area contributed by atoms with Crippen LogP contribution < -0.4 is 0 Å². The van der Waals surface area contributed by atoms with E-state index in [4.69, 9.17) is 18.9 Å². The minimum atomic E-state index is -0.281. The summed E-state index contributed by atoms with van der Waals surface area (Å²) in [6, 6.07) is 0. The minimum Gasteiger partial charge on any atom is -0.466 e. The number of carbonyl (C=O) groups excluding carboxylic acids is 4. The van der Waals surface area contributed by atoms with E-state index < -0.39 is 0 Å². The summed E-state index contributed by atoms with van der Waals surface area (Å²) in [6.45, 7) is 11.8. The summed E-state index contributed by atoms with van der Waals surface area (Å²) in [7, 11) is 0. The molecule has 70 heavy (non-hydrogen) atoms. The average Bonchev–Trinajstić information content (AvgIpc) is 3.36. The van der Waals surface area contributed by atoms with Crippen molar-refractivity contribution in [3.8, 4) is 0 Å². The monoisotopic (exact) mass is 993 g/mol. The van der Waals surface area contributed by atoms with Gasteiger partial charge in [0, 0.05) is 26.2 Å². The molecule has 0 N–H and O–H groups in total. The first kappa shape index (κ1) is 67.8. The van der Waals surface area contributed by atoms with E-state index in [1.165, 1.54) is 180 Å². The second kappa shape index (κ2) is 56.1. The van der Waals surface area contributed by atoms with E-state index >= 15 is 0 Å². The van der Waals surface area contributed by atoms with Gasteiger partial charge in [-0.05, 0) is 25.7 Å². The summed E-state index contributed by atoms with van der Waals surface area (Å²) in [5, 5.41) is 3.88. The molecule has 0 spiro atoms. The van der Waals surface area contributed by atoms with Crippen molar-refractivity contribution in [3.05, 3.63) is 0 Å². The molecule has 0 saturated heterocycles. The van der Waals surface area contributed by atoms with Crippen LogP contribution in [-0.2, 0) is 38.1 Å². The maximum absolute atomic E-state index is 13.1. The normalized spacial score (nSPS) is 11.5. The molecule has 0 rings (SSSR count). The topological polar surface area (TPSA) is 112 Å². The van der Waals surface area contributed by atoms with Crippen LogP contribution in [0.25, 0.3) is 0 Å². The highest BCUT2D eigenvalue weighted by Gasteiger charge is 2.22. The van der Waals surface area contributed by atoms with Gasteiger partial charge in [-0.1, -0.05) is 259 Å². The third-order valence-electron chi connectivity index (χ3n) is 13.7. The lowest BCUT2D eigenvalue weighted by Crippen LogP contribution is -2.47. The van der Waals surface area contributed by atoms with Crippen molar-refractivity contribution >= 4 is 23.9 Å². The molecule has 0 aromatic heterocycles. The number of unbranched alkanes of at least 4 members (excludes halogenated alkanes) is 36. The van der Waals surface area contributed by atoms with Gasteiger partial charge in [-0.2, -0.15) is 0 Å². The van der Waals surface area contributed by atoms with E-state index in [2.05, 4.69) is 27.7 Å². The SMILES string of the molecule is CCCCCCCCCCCCOC(=O)CCN(CCC(=O)OCCCCCCCCCCCC)N(CCC(=O)OCCCCCCCCCCCC)CCC(=O)OCCCCCCCCCCCC. The van der Waals surface area contributed by atoms with Crippen molar-refractivity contribution < 1.29 is 38.1 Å². The van der Waals surface area contributed by atoms with Crippen LogP contribution in [0, 0.1) is 0 Å². The Balaban J connectivity index is 5.36. The molecule has 0 atom stereocenters. The summed E-state index contributed by atoms with van der Waals surface area (Å²) in [5.74, 6) is -1.13. The van der Waals surface area contributed by atoms with E-state index in [0.717, 1.165) is 77.0 Å². The number of hydrogen-bond acceptors (Lipinski definition) is 10. The number of nitrogens with zero attached hydrogens (tertiary/aromatic N) is 2. The summed E-state index contributed by atoms with van der Waals surface area (Å²) in [4.78, 5) is 52.3. The van der Waals surface area contributed by atoms with Gasteiger partial charge in [-0.15, -0.1) is 0 Å². The van der Waals surface area contributed by atoms with Crippen molar-refractivity contribution in [3.63, 3.8) is 0 Å². The average molecular weight is 994 g/mol. The van der Waals surface area contributed by atoms with Crippen molar-refractivity contribution in [2.45, 2.75) is 310 Å². The molecule has 0 aromatic carbocycles. The molecule has 0 aromatic rings. The predicted octanol–water partition coefficient (Wildman–Crippen LogP) is 16.9. The lowest BCUT2D eigenvalue weighted by atomic mass is 10.1. The van der Waals surface area contributed by atoms with Gasteiger partial charge in [0.25, 0.3) is 0 Å². The van der Waals surface area contributed by atoms with Gasteiger partial charge in [-0.25, -0.2) is 10.0 Å². The largest absolute Gasteiger partial charge is 0.466 e. The molecular formula is C60H116N2O8. The van der Waals surface area contributed by atoms with Crippen LogP contribution in [0.5, 0.6) is 0 Å². The standard InChI is InChI=1S/C60H116N2O8/c1-5-9-13-17-21-25-29-33-37-41-53-67-57(63)45-49-61(50-46-58(64)68-54-42-38-34-30-26-22-18-14-10-6-2)62(51-47-59(65)69-55-43-39-35-31-27-23-19-15-11-7-3)52-48-60(66)70-56-44-40-36-32-28-24-20-16-12-8-4/h5-56H2,1-4H3. The maximum atomic E-state index is 13.1. The highest BCUT2D eigenvalue weighted by atomic mass is 16.5. The van der Waals surface area contributed by atoms with Crippen LogP contribution in [0.3, 0.4) is 0 Å². The molecule has 0 aliphatic heterocycles. The zero-order valence-electron chi connectivity index (χ0n) is 46.9. The Morgan fingerprint density at radius 3 is 0.529 bits per heavy atom. The fraction of sp³-hybridized carbons (Fsp3) is 0.933. The number of ether oxygens (including phenoxy) is 4. The third-order valence-corrected chi connectivity index (χ3v) is 13.7. The first-order valence-electron chi connectivity index (χ1n) is 30.5. The number of rotatable bonds is 57. The molecule has 10 nitrogen and oxygen atoms in total. The smallest absolute Gasteiger partial charge is 0.307 e. The molecular weight excluding hydrogens is 877 g/mol. The quantitative estimate of drug-likeness (QED) is 0.0253. The first-order chi connectivity index (χ1) is 34.4. The number of hydrazine groups is 1. The molecule has 0 heterocycles. The lowest BCUT2D eigenvalue weighted by Gasteiger charge is -2.34. The fourth-order valence-corrected chi connectivity index (χ4v) is 9.06. The van der Waals surface area contributed by atoms with Gasteiger partial charge >= 0.3 is 23.9 Å². The summed E-state index contributed by atoms with van der Waals surface area (Å²) >= 11 is 0. The van der Waals surface area contributed by atoms with Crippen LogP contribution in [0.4, 0.5) is 0 Å². The minimum absolute atomic E-state index is 0.133. The van der Waals surface area contributed by atoms with E-state index in [1.807, 2.05) is 10.0 Å². The fourth-order valence-electron chi connectivity index (χ4n) is 9.06. The molecule has 0 radical (unpaired) electrons. The Hall–Kier alpha value is -2.20. The third kappa shape index (κ3) is 50.7. The van der Waals surface area contributed by atoms with E-state index in [-0.39, 0.29) is 49.6 Å². The highest BCUT2D eigenvalue weighted by molar-refractivity contribution is 5.71. The molecule has 0 amide bonds. The number of hydrogen-bond donors (Lipinski definition) is 0. The molecule has 10 heteroatoms. The van der Waals surface area contributed by atoms with Crippen molar-refractivity contribution in [1.82, 2.24) is 10.0 Å². The van der Waals surface area contributed by atoms with Crippen molar-refractivity contribution in [1.29, 1.82) is 0 Å². The summed E-state index contributed by atoms with van der Waals surface area (Å²) in [5.41, 5.74) is 0. The van der Waals surface area contributed by atoms with Crippen molar-refractivity contribution in [2.24, 2.45) is 0 Å². The van der Waals surface area contributed by atoms with Gasteiger partial charge in [-0.3, -0.25) is 19.2 Å². The first-order valence-corrected chi connectivity index (χ1v) is 30.5. The van der Waals surface area contributed by atoms with Crippen LogP contribution in [0.1, 0.15) is 310 Å². The van der Waals surface area contributed by atoms with Crippen LogP contribution >= 0.6 is 0 Å². The Bertz CT molecular complexity index is 968. The van der Waals surface area contributed by atoms with Gasteiger partial charge in [0.05, 0.1) is 52.1 Å². The molecule has 0 aliphatic carbocycles. The van der Waals surface area contributed by atoms with Crippen molar-refractivity contribution in [2.75, 3.05) is 52.6 Å². The van der Waals surface area contributed by atoms with E-state index in [0.29, 0.717) is 52.6 Å². The van der Waals surface area contributed by atoms with Gasteiger partial charge in [0.1, 0.15) is 0 Å². The number of carbonyl (C=O) groups is 4. The van der Waals surface area contributed by atoms with Gasteiger partial charge in [0.2, 0.25) is 0 Å². The second-order valence-corrected chi connectivity index (χ2v) is 20.5. The molecule has 0 saturated carbocycles. The van der Waals surface area contributed by atoms with Gasteiger partial charge in [0.15, 0.2) is 0 Å². The second-order valence-electron chi connectivity index (χ2n) is 20.5. The van der Waals surface area contributed by atoms with E-state index in [1.54, 1.807) is 0 Å². The zero-order chi connectivity index (χ0) is 51.1. The summed E-state index contributed by atoms with van der Waals surface area (Å²) in [6.07, 6.45) is 49.1. The molecule has 0 fully saturated rings. The Kier molecular flexibility index (Phi) is 54.3.